The summed E-state index contributed by atoms with van der Waals surface area (Å²) in [5.74, 6) is 0.242. The molecule has 0 saturated carbocycles. The fourth-order valence-electron chi connectivity index (χ4n) is 1.56. The summed E-state index contributed by atoms with van der Waals surface area (Å²) in [4.78, 5) is 0. The molecule has 0 spiro atoms. The third-order valence-corrected chi connectivity index (χ3v) is 2.70. The lowest BCUT2D eigenvalue weighted by Crippen LogP contribution is -2.26. The Morgan fingerprint density at radius 3 is 2.92 bits per heavy atom. The Balaban J connectivity index is 2.50. The fraction of sp³-hybridized carbons (Fsp3) is 0.800. The minimum atomic E-state index is -0.159. The number of hydrogen-bond donors (Lipinski definition) is 1. The van der Waals surface area contributed by atoms with E-state index in [4.69, 9.17) is 9.84 Å². The van der Waals surface area contributed by atoms with E-state index in [0.717, 1.165) is 12.8 Å². The van der Waals surface area contributed by atoms with Crippen LogP contribution in [0.15, 0.2) is 12.7 Å². The van der Waals surface area contributed by atoms with E-state index in [1.54, 1.807) is 0 Å². The number of ether oxygens (including phenoxy) is 1. The average Bonchev–Trinajstić information content (AvgIpc) is 2.48. The van der Waals surface area contributed by atoms with Gasteiger partial charge in [0.05, 0.1) is 11.7 Å². The largest absolute Gasteiger partial charge is 0.396 e. The molecule has 0 unspecified atom stereocenters. The second-order valence-electron chi connectivity index (χ2n) is 3.87. The standard InChI is InChI=1S/C10H18O2/c1-4-10(3)6-5-9(12-10)8(2)7-11/h4,8-9,11H,1,5-7H2,2-3H3/t8-,9+,10+/m1/s1. The molecule has 1 rings (SSSR count). The lowest BCUT2D eigenvalue weighted by Gasteiger charge is -2.23. The van der Waals surface area contributed by atoms with Crippen molar-refractivity contribution in [3.8, 4) is 0 Å². The summed E-state index contributed by atoms with van der Waals surface area (Å²) >= 11 is 0. The van der Waals surface area contributed by atoms with Crippen LogP contribution in [-0.2, 0) is 4.74 Å². The Labute approximate surface area is 74.2 Å². The van der Waals surface area contributed by atoms with Crippen molar-refractivity contribution in [1.29, 1.82) is 0 Å². The van der Waals surface area contributed by atoms with E-state index in [1.807, 2.05) is 19.9 Å². The van der Waals surface area contributed by atoms with Crippen molar-refractivity contribution in [3.05, 3.63) is 12.7 Å². The third kappa shape index (κ3) is 1.87. The van der Waals surface area contributed by atoms with Crippen LogP contribution in [0.2, 0.25) is 0 Å². The van der Waals surface area contributed by atoms with Crippen molar-refractivity contribution in [3.63, 3.8) is 0 Å². The van der Waals surface area contributed by atoms with E-state index in [1.165, 1.54) is 0 Å². The predicted octanol–water partition coefficient (Wildman–Crippen LogP) is 1.74. The second kappa shape index (κ2) is 3.58. The first-order chi connectivity index (χ1) is 5.61. The molecule has 0 bridgehead atoms. The predicted molar refractivity (Wildman–Crippen MR) is 49.0 cm³/mol. The molecule has 0 amide bonds. The van der Waals surface area contributed by atoms with Crippen LogP contribution in [0.25, 0.3) is 0 Å². The Morgan fingerprint density at radius 2 is 2.50 bits per heavy atom. The monoisotopic (exact) mass is 170 g/mol. The average molecular weight is 170 g/mol. The highest BCUT2D eigenvalue weighted by molar-refractivity contribution is 4.99. The molecule has 1 fully saturated rings. The van der Waals surface area contributed by atoms with E-state index in [0.29, 0.717) is 0 Å². The molecule has 0 aliphatic carbocycles. The van der Waals surface area contributed by atoms with Gasteiger partial charge in [-0.2, -0.15) is 0 Å². The molecule has 1 aliphatic heterocycles. The van der Waals surface area contributed by atoms with Crippen LogP contribution in [0.5, 0.6) is 0 Å². The molecule has 0 aromatic rings. The lowest BCUT2D eigenvalue weighted by molar-refractivity contribution is -0.0305. The molecular formula is C10H18O2. The zero-order valence-corrected chi connectivity index (χ0v) is 7.92. The van der Waals surface area contributed by atoms with Crippen molar-refractivity contribution in [2.45, 2.75) is 38.4 Å². The summed E-state index contributed by atoms with van der Waals surface area (Å²) in [5, 5.41) is 8.93. The van der Waals surface area contributed by atoms with Gasteiger partial charge in [-0.1, -0.05) is 13.0 Å². The molecule has 3 atom stereocenters. The van der Waals surface area contributed by atoms with Gasteiger partial charge in [0, 0.05) is 12.5 Å². The molecule has 0 aromatic carbocycles. The molecule has 1 saturated heterocycles. The van der Waals surface area contributed by atoms with Crippen LogP contribution in [0.4, 0.5) is 0 Å². The van der Waals surface area contributed by atoms with Gasteiger partial charge in [0.1, 0.15) is 0 Å². The molecule has 0 radical (unpaired) electrons. The summed E-state index contributed by atoms with van der Waals surface area (Å²) < 4.78 is 5.77. The van der Waals surface area contributed by atoms with Crippen molar-refractivity contribution in [2.75, 3.05) is 6.61 Å². The Hall–Kier alpha value is -0.340. The number of aliphatic hydroxyl groups excluding tert-OH is 1. The van der Waals surface area contributed by atoms with Gasteiger partial charge in [0.15, 0.2) is 0 Å². The molecule has 0 aromatic heterocycles. The van der Waals surface area contributed by atoms with Gasteiger partial charge in [0.2, 0.25) is 0 Å². The molecule has 12 heavy (non-hydrogen) atoms. The summed E-state index contributed by atoms with van der Waals surface area (Å²) in [6.07, 6.45) is 4.12. The summed E-state index contributed by atoms with van der Waals surface area (Å²) in [6.45, 7) is 8.01. The minimum Gasteiger partial charge on any atom is -0.396 e. The van der Waals surface area contributed by atoms with E-state index in [-0.39, 0.29) is 24.2 Å². The van der Waals surface area contributed by atoms with E-state index in [2.05, 4.69) is 6.58 Å². The summed E-state index contributed by atoms with van der Waals surface area (Å²) in [7, 11) is 0. The smallest absolute Gasteiger partial charge is 0.0836 e. The van der Waals surface area contributed by atoms with Crippen molar-refractivity contribution in [2.24, 2.45) is 5.92 Å². The number of hydrogen-bond acceptors (Lipinski definition) is 2. The van der Waals surface area contributed by atoms with Crippen molar-refractivity contribution in [1.82, 2.24) is 0 Å². The van der Waals surface area contributed by atoms with E-state index < -0.39 is 0 Å². The molecule has 2 nitrogen and oxygen atoms in total. The summed E-state index contributed by atoms with van der Waals surface area (Å²) in [5.41, 5.74) is -0.159. The zero-order valence-electron chi connectivity index (χ0n) is 7.92. The first-order valence-corrected chi connectivity index (χ1v) is 4.53. The fourth-order valence-corrected chi connectivity index (χ4v) is 1.56. The van der Waals surface area contributed by atoms with Crippen molar-refractivity contribution < 1.29 is 9.84 Å². The molecule has 1 N–H and O–H groups in total. The van der Waals surface area contributed by atoms with Gasteiger partial charge in [-0.25, -0.2) is 0 Å². The highest BCUT2D eigenvalue weighted by Gasteiger charge is 2.35. The lowest BCUT2D eigenvalue weighted by atomic mass is 9.99. The minimum absolute atomic E-state index is 0.159. The molecule has 1 heterocycles. The number of aliphatic hydroxyl groups is 1. The summed E-state index contributed by atoms with van der Waals surface area (Å²) in [6, 6.07) is 0. The first kappa shape index (κ1) is 9.75. The van der Waals surface area contributed by atoms with Gasteiger partial charge in [-0.05, 0) is 19.8 Å². The van der Waals surface area contributed by atoms with Crippen LogP contribution < -0.4 is 0 Å². The van der Waals surface area contributed by atoms with Gasteiger partial charge >= 0.3 is 0 Å². The molecule has 1 aliphatic rings. The molecule has 2 heteroatoms. The Bertz CT molecular complexity index is 167. The van der Waals surface area contributed by atoms with Crippen LogP contribution >= 0.6 is 0 Å². The van der Waals surface area contributed by atoms with Crippen molar-refractivity contribution >= 4 is 0 Å². The van der Waals surface area contributed by atoms with E-state index >= 15 is 0 Å². The maximum Gasteiger partial charge on any atom is 0.0836 e. The Kier molecular flexibility index (Phi) is 2.91. The molecular weight excluding hydrogens is 152 g/mol. The number of rotatable bonds is 3. The SMILES string of the molecule is C=C[C@@]1(C)CC[C@@H]([C@H](C)CO)O1. The topological polar surface area (TPSA) is 29.5 Å². The van der Waals surface area contributed by atoms with Gasteiger partial charge in [0.25, 0.3) is 0 Å². The highest BCUT2D eigenvalue weighted by atomic mass is 16.5. The molecule has 70 valence electrons. The first-order valence-electron chi connectivity index (χ1n) is 4.53. The maximum atomic E-state index is 8.93. The Morgan fingerprint density at radius 1 is 1.83 bits per heavy atom. The highest BCUT2D eigenvalue weighted by Crippen LogP contribution is 2.33. The van der Waals surface area contributed by atoms with Crippen LogP contribution in [0.3, 0.4) is 0 Å². The van der Waals surface area contributed by atoms with E-state index in [9.17, 15) is 0 Å². The van der Waals surface area contributed by atoms with Crippen LogP contribution in [-0.4, -0.2) is 23.4 Å². The van der Waals surface area contributed by atoms with Crippen LogP contribution in [0.1, 0.15) is 26.7 Å². The van der Waals surface area contributed by atoms with Gasteiger partial charge in [-0.3, -0.25) is 0 Å². The van der Waals surface area contributed by atoms with Gasteiger partial charge in [-0.15, -0.1) is 6.58 Å². The second-order valence-corrected chi connectivity index (χ2v) is 3.87. The maximum absolute atomic E-state index is 8.93. The normalized spacial score (nSPS) is 38.1. The zero-order chi connectivity index (χ0) is 9.19. The quantitative estimate of drug-likeness (QED) is 0.654. The van der Waals surface area contributed by atoms with Gasteiger partial charge < -0.3 is 9.84 Å². The third-order valence-electron chi connectivity index (χ3n) is 2.70. The van der Waals surface area contributed by atoms with Crippen LogP contribution in [0, 0.1) is 5.92 Å².